The zero-order chi connectivity index (χ0) is 21.2. The van der Waals surface area contributed by atoms with Crippen molar-refractivity contribution in [1.29, 1.82) is 0 Å². The van der Waals surface area contributed by atoms with Gasteiger partial charge in [-0.15, -0.1) is 0 Å². The lowest BCUT2D eigenvalue weighted by atomic mass is 10.1. The molecular weight excluding hydrogens is 371 g/mol. The lowest BCUT2D eigenvalue weighted by Gasteiger charge is -2.30. The van der Waals surface area contributed by atoms with E-state index in [4.69, 9.17) is 4.74 Å². The van der Waals surface area contributed by atoms with Crippen molar-refractivity contribution in [1.82, 2.24) is 10.2 Å². The lowest BCUT2D eigenvalue weighted by molar-refractivity contribution is -0.143. The van der Waals surface area contributed by atoms with Crippen LogP contribution >= 0.6 is 0 Å². The SMILES string of the molecule is CCC(C(=O)NCC(C)C)N(Cc1ccc(F)cc1)C(=O)COc1ccccc1. The highest BCUT2D eigenvalue weighted by atomic mass is 19.1. The molecule has 2 amide bonds. The van der Waals surface area contributed by atoms with Gasteiger partial charge in [0, 0.05) is 13.1 Å². The van der Waals surface area contributed by atoms with E-state index in [-0.39, 0.29) is 30.8 Å². The molecule has 2 rings (SSSR count). The summed E-state index contributed by atoms with van der Waals surface area (Å²) >= 11 is 0. The molecule has 29 heavy (non-hydrogen) atoms. The molecule has 2 aromatic carbocycles. The maximum Gasteiger partial charge on any atom is 0.261 e. The van der Waals surface area contributed by atoms with Gasteiger partial charge in [0.2, 0.25) is 5.91 Å². The van der Waals surface area contributed by atoms with Crippen molar-refractivity contribution in [2.24, 2.45) is 5.92 Å². The molecule has 0 aliphatic heterocycles. The number of amides is 2. The fraction of sp³-hybridized carbons (Fsp3) is 0.391. The van der Waals surface area contributed by atoms with Crippen LogP contribution in [0.1, 0.15) is 32.8 Å². The van der Waals surface area contributed by atoms with Crippen LogP contribution in [0.3, 0.4) is 0 Å². The summed E-state index contributed by atoms with van der Waals surface area (Å²) in [5.41, 5.74) is 0.745. The largest absolute Gasteiger partial charge is 0.484 e. The maximum atomic E-state index is 13.3. The van der Waals surface area contributed by atoms with Crippen LogP contribution in [0.2, 0.25) is 0 Å². The average molecular weight is 400 g/mol. The van der Waals surface area contributed by atoms with Crippen molar-refractivity contribution in [3.05, 3.63) is 66.0 Å². The molecule has 5 nitrogen and oxygen atoms in total. The van der Waals surface area contributed by atoms with Gasteiger partial charge in [-0.25, -0.2) is 4.39 Å². The van der Waals surface area contributed by atoms with E-state index in [1.165, 1.54) is 17.0 Å². The van der Waals surface area contributed by atoms with E-state index in [0.717, 1.165) is 5.56 Å². The number of nitrogens with zero attached hydrogens (tertiary/aromatic N) is 1. The molecule has 0 aromatic heterocycles. The molecule has 1 unspecified atom stereocenters. The first-order valence-corrected chi connectivity index (χ1v) is 9.90. The van der Waals surface area contributed by atoms with Crippen LogP contribution in [-0.4, -0.2) is 35.9 Å². The number of benzene rings is 2. The van der Waals surface area contributed by atoms with Crippen LogP contribution in [0.5, 0.6) is 5.75 Å². The van der Waals surface area contributed by atoms with Crippen molar-refractivity contribution < 1.29 is 18.7 Å². The summed E-state index contributed by atoms with van der Waals surface area (Å²) in [6.07, 6.45) is 0.461. The lowest BCUT2D eigenvalue weighted by Crippen LogP contribution is -2.50. The number of carbonyl (C=O) groups is 2. The Morgan fingerprint density at radius 1 is 1.07 bits per heavy atom. The first kappa shape index (κ1) is 22.4. The summed E-state index contributed by atoms with van der Waals surface area (Å²) in [4.78, 5) is 27.2. The van der Waals surface area contributed by atoms with Gasteiger partial charge >= 0.3 is 0 Å². The standard InChI is InChI=1S/C23H29FN2O3/c1-4-21(23(28)25-14-17(2)3)26(15-18-10-12-19(24)13-11-18)22(27)16-29-20-8-6-5-7-9-20/h5-13,17,21H,4,14-16H2,1-3H3,(H,25,28). The van der Waals surface area contributed by atoms with Gasteiger partial charge in [-0.05, 0) is 42.2 Å². The highest BCUT2D eigenvalue weighted by molar-refractivity contribution is 5.88. The second-order valence-corrected chi connectivity index (χ2v) is 7.31. The molecule has 0 spiro atoms. The zero-order valence-corrected chi connectivity index (χ0v) is 17.2. The van der Waals surface area contributed by atoms with Gasteiger partial charge in [-0.1, -0.05) is 51.1 Å². The Bertz CT molecular complexity index is 778. The van der Waals surface area contributed by atoms with Gasteiger partial charge in [0.05, 0.1) is 0 Å². The van der Waals surface area contributed by atoms with Crippen molar-refractivity contribution in [3.63, 3.8) is 0 Å². The number of halogens is 1. The van der Waals surface area contributed by atoms with E-state index in [1.807, 2.05) is 39.0 Å². The average Bonchev–Trinajstić information content (AvgIpc) is 2.72. The Labute approximate surface area is 171 Å². The molecule has 6 heteroatoms. The van der Waals surface area contributed by atoms with Gasteiger partial charge in [0.15, 0.2) is 6.61 Å². The van der Waals surface area contributed by atoms with Crippen LogP contribution < -0.4 is 10.1 Å². The van der Waals surface area contributed by atoms with E-state index in [9.17, 15) is 14.0 Å². The minimum atomic E-state index is -0.634. The normalized spacial score (nSPS) is 11.8. The van der Waals surface area contributed by atoms with Crippen molar-refractivity contribution >= 4 is 11.8 Å². The van der Waals surface area contributed by atoms with Gasteiger partial charge in [0.1, 0.15) is 17.6 Å². The minimum absolute atomic E-state index is 0.181. The summed E-state index contributed by atoms with van der Waals surface area (Å²) in [5.74, 6) is 0.0425. The second-order valence-electron chi connectivity index (χ2n) is 7.31. The summed E-state index contributed by atoms with van der Waals surface area (Å²) in [7, 11) is 0. The third-order valence-corrected chi connectivity index (χ3v) is 4.44. The summed E-state index contributed by atoms with van der Waals surface area (Å²) in [5, 5.41) is 2.90. The zero-order valence-electron chi connectivity index (χ0n) is 17.2. The molecule has 156 valence electrons. The molecule has 1 atom stereocenters. The molecule has 0 bridgehead atoms. The minimum Gasteiger partial charge on any atom is -0.484 e. The van der Waals surface area contributed by atoms with Gasteiger partial charge in [0.25, 0.3) is 5.91 Å². The molecule has 0 saturated carbocycles. The quantitative estimate of drug-likeness (QED) is 0.660. The van der Waals surface area contributed by atoms with Gasteiger partial charge in [-0.2, -0.15) is 0 Å². The third kappa shape index (κ3) is 7.22. The Hall–Kier alpha value is -2.89. The van der Waals surface area contributed by atoms with Crippen LogP contribution in [0.15, 0.2) is 54.6 Å². The van der Waals surface area contributed by atoms with E-state index >= 15 is 0 Å². The molecule has 1 N–H and O–H groups in total. The Morgan fingerprint density at radius 2 is 1.72 bits per heavy atom. The van der Waals surface area contributed by atoms with Gasteiger partial charge < -0.3 is 15.0 Å². The van der Waals surface area contributed by atoms with Crippen LogP contribution in [-0.2, 0) is 16.1 Å². The summed E-state index contributed by atoms with van der Waals surface area (Å²) in [6, 6.07) is 14.3. The number of para-hydroxylation sites is 1. The summed E-state index contributed by atoms with van der Waals surface area (Å²) in [6.45, 7) is 6.44. The van der Waals surface area contributed by atoms with Crippen LogP contribution in [0.25, 0.3) is 0 Å². The maximum absolute atomic E-state index is 13.3. The second kappa shape index (κ2) is 11.2. The van der Waals surface area contributed by atoms with Crippen LogP contribution in [0, 0.1) is 11.7 Å². The Balaban J connectivity index is 2.16. The van der Waals surface area contributed by atoms with Crippen molar-refractivity contribution in [2.45, 2.75) is 39.8 Å². The molecule has 0 aliphatic rings. The monoisotopic (exact) mass is 400 g/mol. The number of ether oxygens (including phenoxy) is 1. The number of hydrogen-bond acceptors (Lipinski definition) is 3. The number of nitrogens with one attached hydrogen (secondary N) is 1. The number of carbonyl (C=O) groups excluding carboxylic acids is 2. The highest BCUT2D eigenvalue weighted by Crippen LogP contribution is 2.15. The fourth-order valence-corrected chi connectivity index (χ4v) is 2.87. The first-order chi connectivity index (χ1) is 13.9. The third-order valence-electron chi connectivity index (χ3n) is 4.44. The van der Waals surface area contributed by atoms with E-state index in [2.05, 4.69) is 5.32 Å². The highest BCUT2D eigenvalue weighted by Gasteiger charge is 2.29. The number of rotatable bonds is 10. The Kier molecular flexibility index (Phi) is 8.65. The van der Waals surface area contributed by atoms with Gasteiger partial charge in [-0.3, -0.25) is 9.59 Å². The Morgan fingerprint density at radius 3 is 2.31 bits per heavy atom. The van der Waals surface area contributed by atoms with Crippen molar-refractivity contribution in [2.75, 3.05) is 13.2 Å². The molecular formula is C23H29FN2O3. The van der Waals surface area contributed by atoms with E-state index in [0.29, 0.717) is 24.6 Å². The molecule has 0 radical (unpaired) electrons. The van der Waals surface area contributed by atoms with E-state index in [1.54, 1.807) is 24.3 Å². The molecule has 2 aromatic rings. The smallest absolute Gasteiger partial charge is 0.261 e. The topological polar surface area (TPSA) is 58.6 Å². The molecule has 0 fully saturated rings. The van der Waals surface area contributed by atoms with Crippen LogP contribution in [0.4, 0.5) is 4.39 Å². The molecule has 0 saturated heterocycles. The molecule has 0 heterocycles. The first-order valence-electron chi connectivity index (χ1n) is 9.90. The number of hydrogen-bond donors (Lipinski definition) is 1. The van der Waals surface area contributed by atoms with Crippen molar-refractivity contribution in [3.8, 4) is 5.75 Å². The van der Waals surface area contributed by atoms with E-state index < -0.39 is 6.04 Å². The summed E-state index contributed by atoms with van der Waals surface area (Å²) < 4.78 is 18.9. The predicted molar refractivity (Wildman–Crippen MR) is 111 cm³/mol. The predicted octanol–water partition coefficient (Wildman–Crippen LogP) is 3.78. The fourth-order valence-electron chi connectivity index (χ4n) is 2.87. The molecule has 0 aliphatic carbocycles.